The third-order valence-corrected chi connectivity index (χ3v) is 2.38. The Balaban J connectivity index is 2.97. The van der Waals surface area contributed by atoms with E-state index in [0.29, 0.717) is 0 Å². The van der Waals surface area contributed by atoms with Crippen molar-refractivity contribution in [1.29, 1.82) is 0 Å². The van der Waals surface area contributed by atoms with Gasteiger partial charge in [0.1, 0.15) is 0 Å². The molecule has 0 N–H and O–H groups in total. The zero-order valence-corrected chi connectivity index (χ0v) is 11.0. The van der Waals surface area contributed by atoms with Gasteiger partial charge in [0, 0.05) is 13.2 Å². The van der Waals surface area contributed by atoms with Crippen LogP contribution in [-0.2, 0) is 9.47 Å². The smallest absolute Gasteiger partial charge is 0.0700 e. The average molecular weight is 228 g/mol. The van der Waals surface area contributed by atoms with Gasteiger partial charge in [0.05, 0.1) is 13.2 Å². The molecular formula is C14H28O2. The van der Waals surface area contributed by atoms with Gasteiger partial charge in [-0.25, -0.2) is 0 Å². The van der Waals surface area contributed by atoms with Crippen molar-refractivity contribution < 1.29 is 9.47 Å². The van der Waals surface area contributed by atoms with Crippen LogP contribution in [0.2, 0.25) is 0 Å². The summed E-state index contributed by atoms with van der Waals surface area (Å²) >= 11 is 0. The molecule has 0 saturated carbocycles. The molecule has 0 spiro atoms. The highest BCUT2D eigenvalue weighted by atomic mass is 16.5. The number of hydrogen-bond acceptors (Lipinski definition) is 2. The number of unbranched alkanes of at least 4 members (excludes halogenated alkanes) is 4. The van der Waals surface area contributed by atoms with E-state index in [1.165, 1.54) is 25.7 Å². The van der Waals surface area contributed by atoms with Gasteiger partial charge in [0.15, 0.2) is 0 Å². The highest BCUT2D eigenvalue weighted by molar-refractivity contribution is 4.81. The minimum Gasteiger partial charge on any atom is -0.379 e. The predicted octanol–water partition coefficient (Wildman–Crippen LogP) is 3.96. The van der Waals surface area contributed by atoms with E-state index in [1.54, 1.807) is 0 Å². The third-order valence-electron chi connectivity index (χ3n) is 2.38. The van der Waals surface area contributed by atoms with Crippen molar-refractivity contribution in [1.82, 2.24) is 0 Å². The van der Waals surface area contributed by atoms with Crippen LogP contribution in [0.3, 0.4) is 0 Å². The van der Waals surface area contributed by atoms with Crippen LogP contribution in [0, 0.1) is 0 Å². The topological polar surface area (TPSA) is 18.5 Å². The molecule has 0 fully saturated rings. The van der Waals surface area contributed by atoms with Crippen molar-refractivity contribution in [3.63, 3.8) is 0 Å². The molecule has 0 aliphatic heterocycles. The van der Waals surface area contributed by atoms with Crippen molar-refractivity contribution in [2.24, 2.45) is 0 Å². The monoisotopic (exact) mass is 228 g/mol. The fraction of sp³-hybridized carbons (Fsp3) is 0.857. The molecule has 0 radical (unpaired) electrons. The lowest BCUT2D eigenvalue weighted by atomic mass is 10.2. The van der Waals surface area contributed by atoms with Crippen LogP contribution in [0.5, 0.6) is 0 Å². The molecule has 0 aromatic rings. The maximum atomic E-state index is 5.42. The first-order valence-electron chi connectivity index (χ1n) is 6.72. The lowest BCUT2D eigenvalue weighted by Crippen LogP contribution is -2.04. The van der Waals surface area contributed by atoms with Crippen molar-refractivity contribution in [3.05, 3.63) is 12.2 Å². The van der Waals surface area contributed by atoms with Crippen molar-refractivity contribution in [3.8, 4) is 0 Å². The van der Waals surface area contributed by atoms with Gasteiger partial charge < -0.3 is 9.47 Å². The van der Waals surface area contributed by atoms with Gasteiger partial charge in [-0.1, -0.05) is 31.9 Å². The Bertz CT molecular complexity index is 144. The fourth-order valence-corrected chi connectivity index (χ4v) is 1.42. The summed E-state index contributed by atoms with van der Waals surface area (Å²) in [6.07, 6.45) is 12.1. The van der Waals surface area contributed by atoms with E-state index in [9.17, 15) is 0 Å². The molecule has 0 rings (SSSR count). The van der Waals surface area contributed by atoms with E-state index in [4.69, 9.17) is 9.47 Å². The number of ether oxygens (including phenoxy) is 2. The molecule has 0 amide bonds. The molecule has 0 heterocycles. The lowest BCUT2D eigenvalue weighted by molar-refractivity contribution is 0.0522. The summed E-state index contributed by atoms with van der Waals surface area (Å²) in [4.78, 5) is 0. The van der Waals surface area contributed by atoms with E-state index >= 15 is 0 Å². The normalized spacial score (nSPS) is 11.4. The first-order chi connectivity index (χ1) is 7.91. The van der Waals surface area contributed by atoms with Crippen LogP contribution in [0.15, 0.2) is 12.2 Å². The van der Waals surface area contributed by atoms with Crippen LogP contribution in [0.25, 0.3) is 0 Å². The van der Waals surface area contributed by atoms with Crippen LogP contribution >= 0.6 is 0 Å². The highest BCUT2D eigenvalue weighted by Gasteiger charge is 1.88. The molecule has 0 aliphatic carbocycles. The van der Waals surface area contributed by atoms with Crippen LogP contribution in [0.4, 0.5) is 0 Å². The molecule has 0 aliphatic rings. The Morgan fingerprint density at radius 2 is 1.44 bits per heavy atom. The molecular weight excluding hydrogens is 200 g/mol. The Labute approximate surface area is 101 Å². The Hall–Kier alpha value is -0.340. The molecule has 0 unspecified atom stereocenters. The van der Waals surface area contributed by atoms with E-state index < -0.39 is 0 Å². The standard InChI is InChI=1S/C14H28O2/c1-3-5-6-7-8-9-10-11-12-16-14-13-15-4-2/h8-9H,3-7,10-14H2,1-2H3. The summed E-state index contributed by atoms with van der Waals surface area (Å²) in [6.45, 7) is 7.33. The van der Waals surface area contributed by atoms with E-state index in [1.807, 2.05) is 6.92 Å². The second-order valence-electron chi connectivity index (χ2n) is 3.92. The number of allylic oxidation sites excluding steroid dienone is 2. The quantitative estimate of drug-likeness (QED) is 0.372. The van der Waals surface area contributed by atoms with Crippen LogP contribution in [-0.4, -0.2) is 26.4 Å². The van der Waals surface area contributed by atoms with Crippen molar-refractivity contribution in [2.75, 3.05) is 26.4 Å². The largest absolute Gasteiger partial charge is 0.379 e. The first kappa shape index (κ1) is 15.7. The van der Waals surface area contributed by atoms with Gasteiger partial charge in [0.25, 0.3) is 0 Å². The average Bonchev–Trinajstić information content (AvgIpc) is 2.31. The molecule has 0 aromatic heterocycles. The molecule has 0 bridgehead atoms. The van der Waals surface area contributed by atoms with Crippen molar-refractivity contribution in [2.45, 2.75) is 52.4 Å². The fourth-order valence-electron chi connectivity index (χ4n) is 1.42. The van der Waals surface area contributed by atoms with E-state index in [2.05, 4.69) is 19.1 Å². The second-order valence-corrected chi connectivity index (χ2v) is 3.92. The van der Waals surface area contributed by atoms with Gasteiger partial charge in [-0.15, -0.1) is 0 Å². The van der Waals surface area contributed by atoms with Gasteiger partial charge in [-0.05, 0) is 32.6 Å². The minimum absolute atomic E-state index is 0.726. The summed E-state index contributed by atoms with van der Waals surface area (Å²) in [5.74, 6) is 0. The van der Waals surface area contributed by atoms with Crippen LogP contribution < -0.4 is 0 Å². The molecule has 96 valence electrons. The summed E-state index contributed by atoms with van der Waals surface area (Å²) in [7, 11) is 0. The zero-order valence-electron chi connectivity index (χ0n) is 11.0. The summed E-state index contributed by atoms with van der Waals surface area (Å²) < 4.78 is 10.6. The van der Waals surface area contributed by atoms with Gasteiger partial charge >= 0.3 is 0 Å². The Morgan fingerprint density at radius 3 is 2.12 bits per heavy atom. The SMILES string of the molecule is CCCCCC=CCCCOCCOCC. The number of hydrogen-bond donors (Lipinski definition) is 0. The molecule has 2 nitrogen and oxygen atoms in total. The molecule has 0 saturated heterocycles. The number of rotatable bonds is 12. The molecule has 16 heavy (non-hydrogen) atoms. The maximum Gasteiger partial charge on any atom is 0.0700 e. The first-order valence-corrected chi connectivity index (χ1v) is 6.72. The highest BCUT2D eigenvalue weighted by Crippen LogP contribution is 2.01. The van der Waals surface area contributed by atoms with E-state index in [-0.39, 0.29) is 0 Å². The molecule has 2 heteroatoms. The zero-order chi connectivity index (χ0) is 11.9. The van der Waals surface area contributed by atoms with Crippen molar-refractivity contribution >= 4 is 0 Å². The summed E-state index contributed by atoms with van der Waals surface area (Å²) in [5, 5.41) is 0. The van der Waals surface area contributed by atoms with E-state index in [0.717, 1.165) is 39.3 Å². The lowest BCUT2D eigenvalue weighted by Gasteiger charge is -2.02. The second kappa shape index (κ2) is 14.7. The predicted molar refractivity (Wildman–Crippen MR) is 69.8 cm³/mol. The molecule has 0 aromatic carbocycles. The molecule has 0 atom stereocenters. The summed E-state index contributed by atoms with van der Waals surface area (Å²) in [6, 6.07) is 0. The summed E-state index contributed by atoms with van der Waals surface area (Å²) in [5.41, 5.74) is 0. The van der Waals surface area contributed by atoms with Gasteiger partial charge in [-0.3, -0.25) is 0 Å². The maximum absolute atomic E-state index is 5.42. The Morgan fingerprint density at radius 1 is 0.750 bits per heavy atom. The third kappa shape index (κ3) is 13.7. The minimum atomic E-state index is 0.726. The van der Waals surface area contributed by atoms with Gasteiger partial charge in [-0.2, -0.15) is 0 Å². The van der Waals surface area contributed by atoms with Crippen LogP contribution in [0.1, 0.15) is 52.4 Å². The van der Waals surface area contributed by atoms with Gasteiger partial charge in [0.2, 0.25) is 0 Å². The Kier molecular flexibility index (Phi) is 14.3.